The highest BCUT2D eigenvalue weighted by atomic mass is 19.1. The smallest absolute Gasteiger partial charge is 0.410 e. The lowest BCUT2D eigenvalue weighted by Crippen LogP contribution is -2.49. The molecule has 3 aromatic carbocycles. The third-order valence-corrected chi connectivity index (χ3v) is 6.19. The maximum Gasteiger partial charge on any atom is 0.410 e. The number of hydrogen-bond donors (Lipinski definition) is 1. The molecule has 6 heteroatoms. The molecular formula is C25H20FNO4. The summed E-state index contributed by atoms with van der Waals surface area (Å²) in [5.74, 6) is -1.74. The number of rotatable bonds is 3. The first-order valence-corrected chi connectivity index (χ1v) is 10.2. The molecule has 31 heavy (non-hydrogen) atoms. The second-order valence-electron chi connectivity index (χ2n) is 7.87. The van der Waals surface area contributed by atoms with Crippen LogP contribution in [0.15, 0.2) is 66.7 Å². The van der Waals surface area contributed by atoms with Gasteiger partial charge in [-0.05, 0) is 39.4 Å². The van der Waals surface area contributed by atoms with E-state index in [9.17, 15) is 19.1 Å². The van der Waals surface area contributed by atoms with Crippen LogP contribution in [-0.2, 0) is 22.5 Å². The minimum absolute atomic E-state index is 0.000728. The Bertz CT molecular complexity index is 1150. The van der Waals surface area contributed by atoms with Gasteiger partial charge in [-0.3, -0.25) is 4.90 Å². The number of aliphatic carboxylic acids is 1. The quantitative estimate of drug-likeness (QED) is 0.677. The molecule has 1 atom stereocenters. The average Bonchev–Trinajstić information content (AvgIpc) is 3.10. The zero-order valence-electron chi connectivity index (χ0n) is 16.6. The van der Waals surface area contributed by atoms with Crippen molar-refractivity contribution in [3.8, 4) is 11.1 Å². The lowest BCUT2D eigenvalue weighted by atomic mass is 9.94. The van der Waals surface area contributed by atoms with Gasteiger partial charge in [-0.25, -0.2) is 14.0 Å². The number of amides is 1. The van der Waals surface area contributed by atoms with Gasteiger partial charge in [0.1, 0.15) is 18.5 Å². The van der Waals surface area contributed by atoms with E-state index in [2.05, 4.69) is 0 Å². The average molecular weight is 417 g/mol. The van der Waals surface area contributed by atoms with Crippen LogP contribution in [0.4, 0.5) is 9.18 Å². The summed E-state index contributed by atoms with van der Waals surface area (Å²) in [5.41, 5.74) is 5.34. The summed E-state index contributed by atoms with van der Waals surface area (Å²) >= 11 is 0. The van der Waals surface area contributed by atoms with E-state index in [1.165, 1.54) is 11.0 Å². The van der Waals surface area contributed by atoms with Crippen molar-refractivity contribution >= 4 is 12.1 Å². The van der Waals surface area contributed by atoms with E-state index in [0.29, 0.717) is 11.1 Å². The molecule has 0 aromatic heterocycles. The predicted molar refractivity (Wildman–Crippen MR) is 112 cm³/mol. The molecule has 0 radical (unpaired) electrons. The first-order valence-electron chi connectivity index (χ1n) is 10.2. The number of benzene rings is 3. The van der Waals surface area contributed by atoms with E-state index in [1.807, 2.05) is 48.5 Å². The highest BCUT2D eigenvalue weighted by Crippen LogP contribution is 2.44. The fourth-order valence-corrected chi connectivity index (χ4v) is 4.67. The molecule has 0 bridgehead atoms. The summed E-state index contributed by atoms with van der Waals surface area (Å²) in [6, 6.07) is 19.4. The molecule has 3 aromatic rings. The van der Waals surface area contributed by atoms with Crippen LogP contribution in [0.5, 0.6) is 0 Å². The maximum absolute atomic E-state index is 14.1. The Balaban J connectivity index is 1.39. The van der Waals surface area contributed by atoms with E-state index in [-0.39, 0.29) is 25.5 Å². The van der Waals surface area contributed by atoms with Crippen molar-refractivity contribution in [1.82, 2.24) is 4.90 Å². The second kappa shape index (κ2) is 7.54. The molecule has 1 N–H and O–H groups in total. The Labute approximate surface area is 178 Å². The van der Waals surface area contributed by atoms with E-state index in [1.54, 1.807) is 12.1 Å². The lowest BCUT2D eigenvalue weighted by molar-refractivity contribution is -0.143. The SMILES string of the molecule is O=C(O)[C@@H]1Cc2c(F)cccc2CN1C(=O)OCC1c2ccccc2-c2ccccc21. The normalized spacial score (nSPS) is 16.9. The molecule has 156 valence electrons. The van der Waals surface area contributed by atoms with Gasteiger partial charge in [0.2, 0.25) is 0 Å². The lowest BCUT2D eigenvalue weighted by Gasteiger charge is -2.34. The van der Waals surface area contributed by atoms with Crippen LogP contribution in [0, 0.1) is 5.82 Å². The Hall–Kier alpha value is -3.67. The van der Waals surface area contributed by atoms with E-state index in [0.717, 1.165) is 22.3 Å². The Morgan fingerprint density at radius 3 is 2.26 bits per heavy atom. The number of carbonyl (C=O) groups is 2. The Kier molecular flexibility index (Phi) is 4.70. The van der Waals surface area contributed by atoms with Gasteiger partial charge in [-0.1, -0.05) is 60.7 Å². The highest BCUT2D eigenvalue weighted by Gasteiger charge is 2.37. The van der Waals surface area contributed by atoms with Gasteiger partial charge in [0.25, 0.3) is 0 Å². The summed E-state index contributed by atoms with van der Waals surface area (Å²) in [5, 5.41) is 9.64. The largest absolute Gasteiger partial charge is 0.480 e. The third kappa shape index (κ3) is 3.24. The third-order valence-electron chi connectivity index (χ3n) is 6.19. The maximum atomic E-state index is 14.1. The van der Waals surface area contributed by atoms with Crippen LogP contribution in [0.1, 0.15) is 28.2 Å². The first-order chi connectivity index (χ1) is 15.0. The molecule has 0 unspecified atom stereocenters. The summed E-state index contributed by atoms with van der Waals surface area (Å²) in [6.45, 7) is 0.104. The second-order valence-corrected chi connectivity index (χ2v) is 7.87. The van der Waals surface area contributed by atoms with Crippen molar-refractivity contribution < 1.29 is 23.8 Å². The molecule has 1 aliphatic heterocycles. The van der Waals surface area contributed by atoms with Gasteiger partial charge >= 0.3 is 12.1 Å². The van der Waals surface area contributed by atoms with Crippen LogP contribution in [0.25, 0.3) is 11.1 Å². The van der Waals surface area contributed by atoms with Gasteiger partial charge in [0.15, 0.2) is 0 Å². The van der Waals surface area contributed by atoms with Crippen molar-refractivity contribution in [2.24, 2.45) is 0 Å². The summed E-state index contributed by atoms with van der Waals surface area (Å²) < 4.78 is 19.8. The number of carboxylic acid groups (broad SMARTS) is 1. The van der Waals surface area contributed by atoms with Crippen LogP contribution in [-0.4, -0.2) is 34.7 Å². The van der Waals surface area contributed by atoms with E-state index in [4.69, 9.17) is 4.74 Å². The number of hydrogen-bond acceptors (Lipinski definition) is 3. The zero-order valence-corrected chi connectivity index (χ0v) is 16.6. The van der Waals surface area contributed by atoms with Crippen molar-refractivity contribution in [1.29, 1.82) is 0 Å². The van der Waals surface area contributed by atoms with Crippen molar-refractivity contribution in [2.45, 2.75) is 24.9 Å². The number of carboxylic acids is 1. The molecular weight excluding hydrogens is 397 g/mol. The van der Waals surface area contributed by atoms with Crippen LogP contribution >= 0.6 is 0 Å². The minimum atomic E-state index is -1.18. The molecule has 0 spiro atoms. The number of ether oxygens (including phenoxy) is 1. The molecule has 1 aliphatic carbocycles. The molecule has 0 fully saturated rings. The monoisotopic (exact) mass is 417 g/mol. The fourth-order valence-electron chi connectivity index (χ4n) is 4.67. The van der Waals surface area contributed by atoms with Crippen LogP contribution < -0.4 is 0 Å². The van der Waals surface area contributed by atoms with E-state index < -0.39 is 23.9 Å². The summed E-state index contributed by atoms with van der Waals surface area (Å²) in [6.07, 6.45) is -0.786. The van der Waals surface area contributed by atoms with Gasteiger partial charge in [-0.2, -0.15) is 0 Å². The topological polar surface area (TPSA) is 66.8 Å². The summed E-state index contributed by atoms with van der Waals surface area (Å²) in [4.78, 5) is 25.9. The highest BCUT2D eigenvalue weighted by molar-refractivity contribution is 5.82. The van der Waals surface area contributed by atoms with Gasteiger partial charge < -0.3 is 9.84 Å². The molecule has 0 saturated carbocycles. The molecule has 1 heterocycles. The van der Waals surface area contributed by atoms with Crippen molar-refractivity contribution in [3.05, 3.63) is 94.8 Å². The Morgan fingerprint density at radius 2 is 1.61 bits per heavy atom. The molecule has 2 aliphatic rings. The van der Waals surface area contributed by atoms with Crippen molar-refractivity contribution in [3.63, 3.8) is 0 Å². The predicted octanol–water partition coefficient (Wildman–Crippen LogP) is 4.59. The number of nitrogens with zero attached hydrogens (tertiary/aromatic N) is 1. The van der Waals surface area contributed by atoms with Crippen molar-refractivity contribution in [2.75, 3.05) is 6.61 Å². The number of halogens is 1. The minimum Gasteiger partial charge on any atom is -0.480 e. The van der Waals surface area contributed by atoms with Crippen LogP contribution in [0.2, 0.25) is 0 Å². The molecule has 5 nitrogen and oxygen atoms in total. The molecule has 0 saturated heterocycles. The fraction of sp³-hybridized carbons (Fsp3) is 0.200. The van der Waals surface area contributed by atoms with Gasteiger partial charge in [-0.15, -0.1) is 0 Å². The first kappa shape index (κ1) is 19.3. The summed E-state index contributed by atoms with van der Waals surface area (Å²) in [7, 11) is 0. The number of carbonyl (C=O) groups excluding carboxylic acids is 1. The zero-order chi connectivity index (χ0) is 21.5. The molecule has 5 rings (SSSR count). The van der Waals surface area contributed by atoms with E-state index >= 15 is 0 Å². The van der Waals surface area contributed by atoms with Gasteiger partial charge in [0.05, 0.1) is 6.54 Å². The van der Waals surface area contributed by atoms with Gasteiger partial charge in [0, 0.05) is 12.3 Å². The number of fused-ring (bicyclic) bond motifs is 4. The standard InChI is InChI=1S/C25H20FNO4/c26-22-11-5-6-15-13-27(23(24(28)29)12-20(15)22)25(30)31-14-21-18-9-3-1-7-16(18)17-8-2-4-10-19(17)21/h1-11,21,23H,12-14H2,(H,28,29)/t23-/m0/s1. The van der Waals surface area contributed by atoms with Crippen LogP contribution in [0.3, 0.4) is 0 Å². The molecule has 1 amide bonds. The Morgan fingerprint density at radius 1 is 0.968 bits per heavy atom.